The van der Waals surface area contributed by atoms with Gasteiger partial charge in [-0.05, 0) is 18.9 Å². The first-order valence-corrected chi connectivity index (χ1v) is 4.70. The lowest BCUT2D eigenvalue weighted by molar-refractivity contribution is 0.0697. The molecule has 2 rings (SSSR count). The highest BCUT2D eigenvalue weighted by Crippen LogP contribution is 2.25. The Labute approximate surface area is 85.9 Å². The van der Waals surface area contributed by atoms with Gasteiger partial charge in [0.15, 0.2) is 0 Å². The molecular formula is C9H9ClN2O2. The second-order valence-corrected chi connectivity index (χ2v) is 3.68. The van der Waals surface area contributed by atoms with E-state index in [4.69, 9.17) is 16.7 Å². The van der Waals surface area contributed by atoms with Crippen LogP contribution in [-0.4, -0.2) is 22.1 Å². The molecule has 14 heavy (non-hydrogen) atoms. The van der Waals surface area contributed by atoms with Gasteiger partial charge in [-0.2, -0.15) is 0 Å². The third-order valence-corrected chi connectivity index (χ3v) is 2.32. The van der Waals surface area contributed by atoms with E-state index in [1.807, 2.05) is 0 Å². The minimum absolute atomic E-state index is 0.0878. The maximum Gasteiger partial charge on any atom is 0.337 e. The molecule has 1 aromatic heterocycles. The summed E-state index contributed by atoms with van der Waals surface area (Å²) in [5.41, 5.74) is 0.0878. The highest BCUT2D eigenvalue weighted by Gasteiger charge is 2.22. The quantitative estimate of drug-likeness (QED) is 0.805. The van der Waals surface area contributed by atoms with E-state index in [9.17, 15) is 4.79 Å². The van der Waals surface area contributed by atoms with E-state index in [-0.39, 0.29) is 10.6 Å². The molecule has 5 heteroatoms. The van der Waals surface area contributed by atoms with Crippen LogP contribution in [0.5, 0.6) is 0 Å². The number of rotatable bonds is 3. The maximum absolute atomic E-state index is 10.7. The molecule has 1 aliphatic rings. The van der Waals surface area contributed by atoms with Crippen molar-refractivity contribution in [3.8, 4) is 0 Å². The van der Waals surface area contributed by atoms with Crippen molar-refractivity contribution < 1.29 is 9.90 Å². The molecule has 1 aromatic rings. The highest BCUT2D eigenvalue weighted by molar-refractivity contribution is 6.33. The number of carboxylic acids is 1. The lowest BCUT2D eigenvalue weighted by Crippen LogP contribution is -2.05. The summed E-state index contributed by atoms with van der Waals surface area (Å²) in [6.45, 7) is 0. The predicted molar refractivity (Wildman–Crippen MR) is 52.9 cm³/mol. The van der Waals surface area contributed by atoms with Crippen molar-refractivity contribution >= 4 is 23.4 Å². The number of hydrogen-bond donors (Lipinski definition) is 2. The molecule has 1 heterocycles. The Bertz CT molecular complexity index is 377. The summed E-state index contributed by atoms with van der Waals surface area (Å²) < 4.78 is 0. The molecule has 0 aliphatic heterocycles. The van der Waals surface area contributed by atoms with Crippen molar-refractivity contribution in [2.45, 2.75) is 18.9 Å². The molecule has 1 fully saturated rings. The van der Waals surface area contributed by atoms with E-state index < -0.39 is 5.97 Å². The normalized spacial score (nSPS) is 15.2. The van der Waals surface area contributed by atoms with Crippen LogP contribution >= 0.6 is 11.6 Å². The van der Waals surface area contributed by atoms with Crippen molar-refractivity contribution in [3.05, 3.63) is 22.8 Å². The molecule has 0 bridgehead atoms. The molecule has 0 radical (unpaired) electrons. The first-order chi connectivity index (χ1) is 6.66. The summed E-state index contributed by atoms with van der Waals surface area (Å²) in [5.74, 6) is -0.453. The SMILES string of the molecule is O=C(O)c1cc(NC2CC2)ncc1Cl. The van der Waals surface area contributed by atoms with E-state index in [1.165, 1.54) is 12.3 Å². The first-order valence-electron chi connectivity index (χ1n) is 4.32. The van der Waals surface area contributed by atoms with Gasteiger partial charge in [0.25, 0.3) is 0 Å². The second-order valence-electron chi connectivity index (χ2n) is 3.27. The van der Waals surface area contributed by atoms with Gasteiger partial charge in [0.2, 0.25) is 0 Å². The average Bonchev–Trinajstić information content (AvgIpc) is 2.92. The Kier molecular flexibility index (Phi) is 2.29. The Morgan fingerprint density at radius 2 is 2.36 bits per heavy atom. The Morgan fingerprint density at radius 1 is 1.64 bits per heavy atom. The molecule has 0 amide bonds. The van der Waals surface area contributed by atoms with Crippen molar-refractivity contribution in [3.63, 3.8) is 0 Å². The van der Waals surface area contributed by atoms with Gasteiger partial charge in [-0.15, -0.1) is 0 Å². The van der Waals surface area contributed by atoms with Crippen molar-refractivity contribution in [2.75, 3.05) is 5.32 Å². The zero-order valence-corrected chi connectivity index (χ0v) is 8.08. The summed E-state index contributed by atoms with van der Waals surface area (Å²) in [6.07, 6.45) is 3.59. The summed E-state index contributed by atoms with van der Waals surface area (Å²) in [6, 6.07) is 1.91. The maximum atomic E-state index is 10.7. The highest BCUT2D eigenvalue weighted by atomic mass is 35.5. The number of aromatic nitrogens is 1. The number of pyridine rings is 1. The monoisotopic (exact) mass is 212 g/mol. The molecule has 0 aromatic carbocycles. The number of carbonyl (C=O) groups is 1. The number of nitrogens with zero attached hydrogens (tertiary/aromatic N) is 1. The summed E-state index contributed by atoms with van der Waals surface area (Å²) in [5, 5.41) is 12.1. The Morgan fingerprint density at radius 3 is 2.93 bits per heavy atom. The van der Waals surface area contributed by atoms with Crippen LogP contribution in [0.15, 0.2) is 12.3 Å². The number of nitrogens with one attached hydrogen (secondary N) is 1. The van der Waals surface area contributed by atoms with Gasteiger partial charge in [0.05, 0.1) is 10.6 Å². The van der Waals surface area contributed by atoms with E-state index in [1.54, 1.807) is 0 Å². The fourth-order valence-electron chi connectivity index (χ4n) is 1.12. The van der Waals surface area contributed by atoms with Crippen LogP contribution in [0.2, 0.25) is 5.02 Å². The molecule has 0 saturated heterocycles. The number of halogens is 1. The molecular weight excluding hydrogens is 204 g/mol. The van der Waals surface area contributed by atoms with Crippen LogP contribution < -0.4 is 5.32 Å². The lowest BCUT2D eigenvalue weighted by atomic mass is 10.2. The van der Waals surface area contributed by atoms with Gasteiger partial charge in [-0.1, -0.05) is 11.6 Å². The molecule has 74 valence electrons. The van der Waals surface area contributed by atoms with Crippen LogP contribution in [0.3, 0.4) is 0 Å². The van der Waals surface area contributed by atoms with Gasteiger partial charge in [0.1, 0.15) is 5.82 Å². The van der Waals surface area contributed by atoms with E-state index in [2.05, 4.69) is 10.3 Å². The molecule has 0 atom stereocenters. The summed E-state index contributed by atoms with van der Waals surface area (Å²) in [7, 11) is 0. The largest absolute Gasteiger partial charge is 0.478 e. The minimum atomic E-state index is -1.03. The Balaban J connectivity index is 2.24. The van der Waals surface area contributed by atoms with Crippen molar-refractivity contribution in [2.24, 2.45) is 0 Å². The number of aromatic carboxylic acids is 1. The minimum Gasteiger partial charge on any atom is -0.478 e. The molecule has 0 spiro atoms. The van der Waals surface area contributed by atoms with E-state index >= 15 is 0 Å². The Hall–Kier alpha value is -1.29. The molecule has 4 nitrogen and oxygen atoms in total. The second kappa shape index (κ2) is 3.46. The third-order valence-electron chi connectivity index (χ3n) is 2.02. The molecule has 1 aliphatic carbocycles. The fraction of sp³-hybridized carbons (Fsp3) is 0.333. The number of hydrogen-bond acceptors (Lipinski definition) is 3. The van der Waals surface area contributed by atoms with Crippen LogP contribution in [0, 0.1) is 0 Å². The molecule has 0 unspecified atom stereocenters. The smallest absolute Gasteiger partial charge is 0.337 e. The summed E-state index contributed by atoms with van der Waals surface area (Å²) >= 11 is 5.67. The third kappa shape index (κ3) is 1.96. The standard InChI is InChI=1S/C9H9ClN2O2/c10-7-4-11-8(12-5-1-2-5)3-6(7)9(13)14/h3-5H,1-2H2,(H,11,12)(H,13,14). The number of anilines is 1. The summed E-state index contributed by atoms with van der Waals surface area (Å²) in [4.78, 5) is 14.7. The number of carboxylic acid groups (broad SMARTS) is 1. The molecule has 2 N–H and O–H groups in total. The molecule has 1 saturated carbocycles. The van der Waals surface area contributed by atoms with Crippen LogP contribution in [0.4, 0.5) is 5.82 Å². The van der Waals surface area contributed by atoms with E-state index in [0.29, 0.717) is 11.9 Å². The van der Waals surface area contributed by atoms with Gasteiger partial charge >= 0.3 is 5.97 Å². The van der Waals surface area contributed by atoms with Crippen LogP contribution in [0.1, 0.15) is 23.2 Å². The van der Waals surface area contributed by atoms with Gasteiger partial charge in [-0.3, -0.25) is 0 Å². The van der Waals surface area contributed by atoms with Gasteiger partial charge in [0, 0.05) is 12.2 Å². The first kappa shape index (κ1) is 9.27. The van der Waals surface area contributed by atoms with Crippen LogP contribution in [0.25, 0.3) is 0 Å². The zero-order chi connectivity index (χ0) is 10.1. The van der Waals surface area contributed by atoms with E-state index in [0.717, 1.165) is 12.8 Å². The zero-order valence-electron chi connectivity index (χ0n) is 7.33. The average molecular weight is 213 g/mol. The topological polar surface area (TPSA) is 62.2 Å². The fourth-order valence-corrected chi connectivity index (χ4v) is 1.30. The van der Waals surface area contributed by atoms with Crippen molar-refractivity contribution in [1.82, 2.24) is 4.98 Å². The predicted octanol–water partition coefficient (Wildman–Crippen LogP) is 2.01. The van der Waals surface area contributed by atoms with Crippen LogP contribution in [-0.2, 0) is 0 Å². The van der Waals surface area contributed by atoms with Gasteiger partial charge in [-0.25, -0.2) is 9.78 Å². The van der Waals surface area contributed by atoms with Crippen molar-refractivity contribution in [1.29, 1.82) is 0 Å². The van der Waals surface area contributed by atoms with Gasteiger partial charge < -0.3 is 10.4 Å². The lowest BCUT2D eigenvalue weighted by Gasteiger charge is -2.04.